The third kappa shape index (κ3) is 2.54. The molecule has 18 heavy (non-hydrogen) atoms. The molecule has 0 bridgehead atoms. The van der Waals surface area contributed by atoms with E-state index in [1.54, 1.807) is 7.05 Å². The minimum atomic E-state index is -0.174. The largest absolute Gasteiger partial charge is 0.361 e. The van der Waals surface area contributed by atoms with E-state index in [1.165, 1.54) is 0 Å². The molecule has 0 saturated carbocycles. The Kier molecular flexibility index (Phi) is 3.67. The van der Waals surface area contributed by atoms with Crippen molar-refractivity contribution < 1.29 is 4.79 Å². The summed E-state index contributed by atoms with van der Waals surface area (Å²) in [5.41, 5.74) is 1.90. The zero-order chi connectivity index (χ0) is 13.1. The van der Waals surface area contributed by atoms with E-state index in [0.29, 0.717) is 0 Å². The lowest BCUT2D eigenvalue weighted by Crippen LogP contribution is -2.42. The predicted octanol–water partition coefficient (Wildman–Crippen LogP) is 2.35. The van der Waals surface area contributed by atoms with Crippen molar-refractivity contribution in [1.82, 2.24) is 10.3 Å². The van der Waals surface area contributed by atoms with Crippen molar-refractivity contribution in [2.45, 2.75) is 19.9 Å². The van der Waals surface area contributed by atoms with Crippen LogP contribution in [0.25, 0.3) is 10.9 Å². The number of carbonyl (C=O) groups is 1. The standard InChI is InChI=1S/C14H19N3O/c1-9(2)13(15-3)14(18)17-11-4-5-12-10(8-11)6-7-16-12/h4-9,13,15-16H,1-3H3,(H,17,18). The van der Waals surface area contributed by atoms with Crippen LogP contribution in [0, 0.1) is 5.92 Å². The Balaban J connectivity index is 2.15. The number of aromatic nitrogens is 1. The molecule has 0 spiro atoms. The average molecular weight is 245 g/mol. The van der Waals surface area contributed by atoms with E-state index in [-0.39, 0.29) is 17.9 Å². The number of H-pyrrole nitrogens is 1. The van der Waals surface area contributed by atoms with Crippen LogP contribution in [0.1, 0.15) is 13.8 Å². The molecule has 96 valence electrons. The number of likely N-dealkylation sites (N-methyl/N-ethyl adjacent to an activating group) is 1. The van der Waals surface area contributed by atoms with Gasteiger partial charge in [0.1, 0.15) is 0 Å². The summed E-state index contributed by atoms with van der Waals surface area (Å²) < 4.78 is 0. The molecule has 4 heteroatoms. The molecule has 1 heterocycles. The zero-order valence-corrected chi connectivity index (χ0v) is 10.9. The molecule has 0 fully saturated rings. The Hall–Kier alpha value is -1.81. The second kappa shape index (κ2) is 5.23. The van der Waals surface area contributed by atoms with E-state index in [2.05, 4.69) is 15.6 Å². The maximum atomic E-state index is 12.1. The van der Waals surface area contributed by atoms with Gasteiger partial charge in [0.2, 0.25) is 5.91 Å². The van der Waals surface area contributed by atoms with Crippen molar-refractivity contribution in [3.05, 3.63) is 30.5 Å². The molecular weight excluding hydrogens is 226 g/mol. The number of nitrogens with one attached hydrogen (secondary N) is 3. The van der Waals surface area contributed by atoms with Crippen molar-refractivity contribution in [1.29, 1.82) is 0 Å². The van der Waals surface area contributed by atoms with Gasteiger partial charge in [-0.3, -0.25) is 4.79 Å². The van der Waals surface area contributed by atoms with Gasteiger partial charge in [-0.05, 0) is 37.2 Å². The van der Waals surface area contributed by atoms with Gasteiger partial charge in [-0.1, -0.05) is 13.8 Å². The number of anilines is 1. The second-order valence-electron chi connectivity index (χ2n) is 4.78. The third-order valence-corrected chi connectivity index (χ3v) is 3.08. The summed E-state index contributed by atoms with van der Waals surface area (Å²) >= 11 is 0. The summed E-state index contributed by atoms with van der Waals surface area (Å²) in [6.07, 6.45) is 1.89. The molecule has 4 nitrogen and oxygen atoms in total. The molecule has 1 amide bonds. The summed E-state index contributed by atoms with van der Waals surface area (Å²) in [7, 11) is 1.81. The van der Waals surface area contributed by atoms with Crippen LogP contribution in [0.15, 0.2) is 30.5 Å². The monoisotopic (exact) mass is 245 g/mol. The van der Waals surface area contributed by atoms with Gasteiger partial charge in [-0.25, -0.2) is 0 Å². The first-order chi connectivity index (χ1) is 8.61. The van der Waals surface area contributed by atoms with Gasteiger partial charge >= 0.3 is 0 Å². The maximum Gasteiger partial charge on any atom is 0.241 e. The normalized spacial score (nSPS) is 12.9. The Labute approximate surface area is 107 Å². The Bertz CT molecular complexity index is 545. The molecule has 2 rings (SSSR count). The van der Waals surface area contributed by atoms with Crippen LogP contribution in [0.2, 0.25) is 0 Å². The molecule has 2 aromatic rings. The molecular formula is C14H19N3O. The third-order valence-electron chi connectivity index (χ3n) is 3.08. The van der Waals surface area contributed by atoms with E-state index in [0.717, 1.165) is 16.6 Å². The number of hydrogen-bond donors (Lipinski definition) is 3. The van der Waals surface area contributed by atoms with Crippen molar-refractivity contribution in [2.24, 2.45) is 5.92 Å². The molecule has 1 atom stereocenters. The average Bonchev–Trinajstić information content (AvgIpc) is 2.76. The van der Waals surface area contributed by atoms with Crippen LogP contribution >= 0.6 is 0 Å². The van der Waals surface area contributed by atoms with Crippen molar-refractivity contribution in [3.8, 4) is 0 Å². The van der Waals surface area contributed by atoms with Crippen molar-refractivity contribution >= 4 is 22.5 Å². The van der Waals surface area contributed by atoms with E-state index in [1.807, 2.05) is 44.3 Å². The summed E-state index contributed by atoms with van der Waals surface area (Å²) in [6.45, 7) is 4.05. The van der Waals surface area contributed by atoms with Gasteiger partial charge in [0.25, 0.3) is 0 Å². The number of fused-ring (bicyclic) bond motifs is 1. The highest BCUT2D eigenvalue weighted by atomic mass is 16.2. The highest BCUT2D eigenvalue weighted by molar-refractivity contribution is 5.97. The fourth-order valence-corrected chi connectivity index (χ4v) is 2.12. The highest BCUT2D eigenvalue weighted by Gasteiger charge is 2.19. The highest BCUT2D eigenvalue weighted by Crippen LogP contribution is 2.18. The quantitative estimate of drug-likeness (QED) is 0.774. The molecule has 0 saturated heterocycles. The first-order valence-corrected chi connectivity index (χ1v) is 6.17. The lowest BCUT2D eigenvalue weighted by atomic mass is 10.0. The van der Waals surface area contributed by atoms with Crippen LogP contribution in [-0.2, 0) is 4.79 Å². The maximum absolute atomic E-state index is 12.1. The van der Waals surface area contributed by atoms with Crippen LogP contribution in [0.3, 0.4) is 0 Å². The molecule has 0 aliphatic heterocycles. The molecule has 1 aromatic carbocycles. The van der Waals surface area contributed by atoms with Crippen LogP contribution < -0.4 is 10.6 Å². The number of rotatable bonds is 4. The van der Waals surface area contributed by atoms with Crippen molar-refractivity contribution in [2.75, 3.05) is 12.4 Å². The minimum Gasteiger partial charge on any atom is -0.361 e. The predicted molar refractivity (Wildman–Crippen MR) is 74.6 cm³/mol. The van der Waals surface area contributed by atoms with Gasteiger partial charge in [-0.15, -0.1) is 0 Å². The summed E-state index contributed by atoms with van der Waals surface area (Å²) in [5, 5.41) is 7.07. The summed E-state index contributed by atoms with van der Waals surface area (Å²) in [6, 6.07) is 7.66. The number of benzene rings is 1. The number of hydrogen-bond acceptors (Lipinski definition) is 2. The van der Waals surface area contributed by atoms with E-state index in [9.17, 15) is 4.79 Å². The van der Waals surface area contributed by atoms with Gasteiger partial charge in [0, 0.05) is 22.8 Å². The zero-order valence-electron chi connectivity index (χ0n) is 10.9. The number of aromatic amines is 1. The first kappa shape index (κ1) is 12.6. The second-order valence-corrected chi connectivity index (χ2v) is 4.78. The minimum absolute atomic E-state index is 0.00221. The van der Waals surface area contributed by atoms with E-state index >= 15 is 0 Å². The Morgan fingerprint density at radius 2 is 2.06 bits per heavy atom. The number of amides is 1. The molecule has 1 unspecified atom stereocenters. The van der Waals surface area contributed by atoms with Crippen LogP contribution in [0.5, 0.6) is 0 Å². The first-order valence-electron chi connectivity index (χ1n) is 6.17. The molecule has 0 aliphatic carbocycles. The summed E-state index contributed by atoms with van der Waals surface area (Å²) in [4.78, 5) is 15.2. The van der Waals surface area contributed by atoms with Gasteiger partial charge in [0.15, 0.2) is 0 Å². The summed E-state index contributed by atoms with van der Waals surface area (Å²) in [5.74, 6) is 0.258. The molecule has 0 radical (unpaired) electrons. The fraction of sp³-hybridized carbons (Fsp3) is 0.357. The number of carbonyl (C=O) groups excluding carboxylic acids is 1. The SMILES string of the molecule is CNC(C(=O)Nc1ccc2[nH]ccc2c1)C(C)C. The van der Waals surface area contributed by atoms with Crippen LogP contribution in [-0.4, -0.2) is 24.0 Å². The van der Waals surface area contributed by atoms with Gasteiger partial charge in [0.05, 0.1) is 6.04 Å². The molecule has 3 N–H and O–H groups in total. The van der Waals surface area contributed by atoms with Gasteiger partial charge < -0.3 is 15.6 Å². The lowest BCUT2D eigenvalue weighted by Gasteiger charge is -2.19. The lowest BCUT2D eigenvalue weighted by molar-refractivity contribution is -0.118. The molecule has 1 aromatic heterocycles. The molecule has 0 aliphatic rings. The van der Waals surface area contributed by atoms with E-state index in [4.69, 9.17) is 0 Å². The fourth-order valence-electron chi connectivity index (χ4n) is 2.12. The topological polar surface area (TPSA) is 56.9 Å². The van der Waals surface area contributed by atoms with E-state index < -0.39 is 0 Å². The van der Waals surface area contributed by atoms with Crippen LogP contribution in [0.4, 0.5) is 5.69 Å². The smallest absolute Gasteiger partial charge is 0.241 e. The Morgan fingerprint density at radius 3 is 2.72 bits per heavy atom. The van der Waals surface area contributed by atoms with Crippen molar-refractivity contribution in [3.63, 3.8) is 0 Å². The Morgan fingerprint density at radius 1 is 1.28 bits per heavy atom. The van der Waals surface area contributed by atoms with Gasteiger partial charge in [-0.2, -0.15) is 0 Å².